The first-order valence-electron chi connectivity index (χ1n) is 10.3. The monoisotopic (exact) mass is 379 g/mol. The van der Waals surface area contributed by atoms with Gasteiger partial charge in [-0.2, -0.15) is 0 Å². The van der Waals surface area contributed by atoms with Gasteiger partial charge in [0.05, 0.1) is 18.6 Å². The van der Waals surface area contributed by atoms with Crippen molar-refractivity contribution in [3.8, 4) is 0 Å². The van der Waals surface area contributed by atoms with Gasteiger partial charge in [-0.1, -0.05) is 13.8 Å². The Kier molecular flexibility index (Phi) is 6.08. The fraction of sp³-hybridized carbons (Fsp3) is 0.850. The topological polar surface area (TPSA) is 70.2 Å². The minimum atomic E-state index is -0.560. The first-order valence-corrected chi connectivity index (χ1v) is 10.3. The average Bonchev–Trinajstić information content (AvgIpc) is 2.90. The fourth-order valence-corrected chi connectivity index (χ4v) is 4.93. The zero-order chi connectivity index (χ0) is 19.6. The second-order valence-corrected chi connectivity index (χ2v) is 8.56. The lowest BCUT2D eigenvalue weighted by Gasteiger charge is -2.40. The molecule has 2 atom stereocenters. The molecule has 7 heteroatoms. The number of fused-ring (bicyclic) bond motifs is 1. The quantitative estimate of drug-likeness (QED) is 0.737. The molecular weight excluding hydrogens is 346 g/mol. The van der Waals surface area contributed by atoms with Crippen LogP contribution in [-0.4, -0.2) is 84.4 Å². The molecule has 3 fully saturated rings. The third kappa shape index (κ3) is 3.98. The SMILES string of the molecule is CC(=O)N1CC[C@@]2(C(=O)N3CCOCC3)CCN(C(=O)CC(C)C)CC[C@@H]12. The molecule has 7 nitrogen and oxygen atoms in total. The van der Waals surface area contributed by atoms with Crippen molar-refractivity contribution in [3.63, 3.8) is 0 Å². The van der Waals surface area contributed by atoms with E-state index in [4.69, 9.17) is 4.74 Å². The minimum absolute atomic E-state index is 0.0265. The highest BCUT2D eigenvalue weighted by Crippen LogP contribution is 2.45. The van der Waals surface area contributed by atoms with Crippen LogP contribution in [0.15, 0.2) is 0 Å². The number of likely N-dealkylation sites (tertiary alicyclic amines) is 2. The van der Waals surface area contributed by atoms with Gasteiger partial charge in [-0.3, -0.25) is 14.4 Å². The summed E-state index contributed by atoms with van der Waals surface area (Å²) >= 11 is 0. The third-order valence-electron chi connectivity index (χ3n) is 6.38. The molecule has 0 spiro atoms. The molecule has 0 unspecified atom stereocenters. The lowest BCUT2D eigenvalue weighted by Crippen LogP contribution is -2.54. The van der Waals surface area contributed by atoms with Crippen molar-refractivity contribution >= 4 is 17.7 Å². The van der Waals surface area contributed by atoms with Crippen molar-refractivity contribution in [1.82, 2.24) is 14.7 Å². The summed E-state index contributed by atoms with van der Waals surface area (Å²) in [6, 6.07) is -0.109. The molecule has 0 aliphatic carbocycles. The van der Waals surface area contributed by atoms with Crippen molar-refractivity contribution in [2.75, 3.05) is 45.9 Å². The molecule has 0 aromatic heterocycles. The first-order chi connectivity index (χ1) is 12.8. The Bertz CT molecular complexity index is 588. The molecular formula is C20H33N3O4. The van der Waals surface area contributed by atoms with Gasteiger partial charge in [0.2, 0.25) is 17.7 Å². The molecule has 3 rings (SSSR count). The summed E-state index contributed by atoms with van der Waals surface area (Å²) in [7, 11) is 0. The highest BCUT2D eigenvalue weighted by molar-refractivity contribution is 5.86. The Labute approximate surface area is 162 Å². The van der Waals surface area contributed by atoms with E-state index in [1.165, 1.54) is 0 Å². The molecule has 152 valence electrons. The summed E-state index contributed by atoms with van der Waals surface area (Å²) in [5.74, 6) is 0.655. The van der Waals surface area contributed by atoms with Crippen molar-refractivity contribution < 1.29 is 19.1 Å². The zero-order valence-corrected chi connectivity index (χ0v) is 16.9. The molecule has 0 radical (unpaired) electrons. The molecule has 27 heavy (non-hydrogen) atoms. The van der Waals surface area contributed by atoms with E-state index in [-0.39, 0.29) is 23.8 Å². The molecule has 3 amide bonds. The summed E-state index contributed by atoms with van der Waals surface area (Å²) < 4.78 is 5.40. The van der Waals surface area contributed by atoms with Crippen LogP contribution < -0.4 is 0 Å². The maximum atomic E-state index is 13.6. The number of amides is 3. The predicted molar refractivity (Wildman–Crippen MR) is 101 cm³/mol. The van der Waals surface area contributed by atoms with Gasteiger partial charge in [0.25, 0.3) is 0 Å². The highest BCUT2D eigenvalue weighted by Gasteiger charge is 2.55. The van der Waals surface area contributed by atoms with Crippen molar-refractivity contribution in [2.45, 2.75) is 52.5 Å². The van der Waals surface area contributed by atoms with Crippen LogP contribution in [0.1, 0.15) is 46.5 Å². The van der Waals surface area contributed by atoms with Crippen LogP contribution in [0.4, 0.5) is 0 Å². The van der Waals surface area contributed by atoms with Crippen LogP contribution in [0.5, 0.6) is 0 Å². The predicted octanol–water partition coefficient (Wildman–Crippen LogP) is 1.12. The van der Waals surface area contributed by atoms with E-state index in [9.17, 15) is 14.4 Å². The number of carbonyl (C=O) groups is 3. The molecule has 3 aliphatic heterocycles. The molecule has 0 aromatic rings. The summed E-state index contributed by atoms with van der Waals surface area (Å²) in [5.41, 5.74) is -0.560. The summed E-state index contributed by atoms with van der Waals surface area (Å²) in [5, 5.41) is 0. The van der Waals surface area contributed by atoms with Crippen molar-refractivity contribution in [2.24, 2.45) is 11.3 Å². The maximum Gasteiger partial charge on any atom is 0.231 e. The molecule has 0 N–H and O–H groups in total. The molecule has 0 saturated carbocycles. The van der Waals surface area contributed by atoms with Gasteiger partial charge in [-0.15, -0.1) is 0 Å². The fourth-order valence-electron chi connectivity index (χ4n) is 4.93. The van der Waals surface area contributed by atoms with Gasteiger partial charge < -0.3 is 19.4 Å². The smallest absolute Gasteiger partial charge is 0.231 e. The number of rotatable bonds is 3. The molecule has 3 saturated heterocycles. The Morgan fingerprint density at radius 1 is 1.00 bits per heavy atom. The normalized spacial score (nSPS) is 28.9. The number of nitrogens with zero attached hydrogens (tertiary/aromatic N) is 3. The Morgan fingerprint density at radius 3 is 2.30 bits per heavy atom. The summed E-state index contributed by atoms with van der Waals surface area (Å²) in [4.78, 5) is 44.1. The molecule has 3 heterocycles. The van der Waals surface area contributed by atoms with Crippen molar-refractivity contribution in [3.05, 3.63) is 0 Å². The Hall–Kier alpha value is -1.63. The largest absolute Gasteiger partial charge is 0.378 e. The molecule has 0 bridgehead atoms. The van der Waals surface area contributed by atoms with E-state index >= 15 is 0 Å². The number of hydrogen-bond acceptors (Lipinski definition) is 4. The highest BCUT2D eigenvalue weighted by atomic mass is 16.5. The standard InChI is InChI=1S/C20H33N3O4/c1-15(2)14-18(25)21-7-4-17-20(5-8-21,6-9-23(17)16(3)24)19(26)22-10-12-27-13-11-22/h15,17H,4-14H2,1-3H3/t17-,20+/m1/s1. The van der Waals surface area contributed by atoms with E-state index in [1.807, 2.05) is 28.5 Å². The van der Waals surface area contributed by atoms with Crippen molar-refractivity contribution in [1.29, 1.82) is 0 Å². The molecule has 0 aromatic carbocycles. The van der Waals surface area contributed by atoms with Gasteiger partial charge in [-0.05, 0) is 25.2 Å². The lowest BCUT2D eigenvalue weighted by molar-refractivity contribution is -0.149. The van der Waals surface area contributed by atoms with Crippen LogP contribution in [0, 0.1) is 11.3 Å². The number of ether oxygens (including phenoxy) is 1. The Morgan fingerprint density at radius 2 is 1.67 bits per heavy atom. The Balaban J connectivity index is 1.83. The second-order valence-electron chi connectivity index (χ2n) is 8.56. The zero-order valence-electron chi connectivity index (χ0n) is 16.9. The van der Waals surface area contributed by atoms with Gasteiger partial charge in [0.1, 0.15) is 0 Å². The van der Waals surface area contributed by atoms with Gasteiger partial charge in [0, 0.05) is 52.1 Å². The van der Waals surface area contributed by atoms with Gasteiger partial charge >= 0.3 is 0 Å². The second kappa shape index (κ2) is 8.17. The van der Waals surface area contributed by atoms with E-state index in [1.54, 1.807) is 6.92 Å². The lowest BCUT2D eigenvalue weighted by atomic mass is 9.75. The van der Waals surface area contributed by atoms with E-state index < -0.39 is 5.41 Å². The van der Waals surface area contributed by atoms with Crippen LogP contribution in [0.3, 0.4) is 0 Å². The number of hydrogen-bond donors (Lipinski definition) is 0. The summed E-state index contributed by atoms with van der Waals surface area (Å²) in [6.07, 6.45) is 2.55. The van der Waals surface area contributed by atoms with Crippen LogP contribution in [0.25, 0.3) is 0 Å². The summed E-state index contributed by atoms with van der Waals surface area (Å²) in [6.45, 7) is 9.91. The maximum absolute atomic E-state index is 13.6. The third-order valence-corrected chi connectivity index (χ3v) is 6.38. The van der Waals surface area contributed by atoms with E-state index in [0.29, 0.717) is 77.5 Å². The number of morpholine rings is 1. The first kappa shape index (κ1) is 20.1. The van der Waals surface area contributed by atoms with Crippen LogP contribution >= 0.6 is 0 Å². The number of carbonyl (C=O) groups excluding carboxylic acids is 3. The minimum Gasteiger partial charge on any atom is -0.378 e. The van der Waals surface area contributed by atoms with E-state index in [2.05, 4.69) is 0 Å². The van der Waals surface area contributed by atoms with Gasteiger partial charge in [-0.25, -0.2) is 0 Å². The van der Waals surface area contributed by atoms with Crippen LogP contribution in [0.2, 0.25) is 0 Å². The van der Waals surface area contributed by atoms with Gasteiger partial charge in [0.15, 0.2) is 0 Å². The van der Waals surface area contributed by atoms with Crippen LogP contribution in [-0.2, 0) is 19.1 Å². The van der Waals surface area contributed by atoms with E-state index in [0.717, 1.165) is 0 Å². The molecule has 3 aliphatic rings. The average molecular weight is 380 g/mol.